The molecule has 0 saturated heterocycles. The summed E-state index contributed by atoms with van der Waals surface area (Å²) in [5.74, 6) is -0.628. The van der Waals surface area contributed by atoms with Crippen molar-refractivity contribution in [2.75, 3.05) is 4.90 Å². The zero-order chi connectivity index (χ0) is 22.2. The predicted octanol–water partition coefficient (Wildman–Crippen LogP) is 6.41. The molecular weight excluding hydrogens is 449 g/mol. The number of thiazole rings is 1. The Hall–Kier alpha value is -3.69. The summed E-state index contributed by atoms with van der Waals surface area (Å²) in [4.78, 5) is 30.8. The third-order valence-corrected chi connectivity index (χ3v) is 7.07. The molecule has 0 bridgehead atoms. The zero-order valence-corrected chi connectivity index (χ0v) is 18.0. The zero-order valence-electron chi connectivity index (χ0n) is 16.4. The van der Waals surface area contributed by atoms with Crippen molar-refractivity contribution in [3.8, 4) is 0 Å². The highest BCUT2D eigenvalue weighted by atomic mass is 32.1. The second kappa shape index (κ2) is 8.10. The van der Waals surface area contributed by atoms with Gasteiger partial charge in [-0.05, 0) is 35.9 Å². The Morgan fingerprint density at radius 3 is 2.59 bits per heavy atom. The minimum Gasteiger partial charge on any atom is -0.279 e. The van der Waals surface area contributed by atoms with E-state index in [0.29, 0.717) is 25.6 Å². The van der Waals surface area contributed by atoms with Gasteiger partial charge in [0.05, 0.1) is 26.6 Å². The predicted molar refractivity (Wildman–Crippen MR) is 125 cm³/mol. The highest BCUT2D eigenvalue weighted by Crippen LogP contribution is 2.34. The molecule has 3 aromatic carbocycles. The molecule has 2 heterocycles. The van der Waals surface area contributed by atoms with Crippen molar-refractivity contribution >= 4 is 59.7 Å². The lowest BCUT2D eigenvalue weighted by Gasteiger charge is -2.19. The number of rotatable bonds is 5. The van der Waals surface area contributed by atoms with Gasteiger partial charge in [0, 0.05) is 22.2 Å². The van der Waals surface area contributed by atoms with Crippen LogP contribution in [0.4, 0.5) is 15.2 Å². The van der Waals surface area contributed by atoms with Gasteiger partial charge in [-0.15, -0.1) is 11.3 Å². The highest BCUT2D eigenvalue weighted by molar-refractivity contribution is 7.23. The molecule has 0 N–H and O–H groups in total. The molecule has 0 spiro atoms. The summed E-state index contributed by atoms with van der Waals surface area (Å²) in [5.41, 5.74) is 1.51. The maximum atomic E-state index is 13.7. The summed E-state index contributed by atoms with van der Waals surface area (Å²) in [5, 5.41) is 12.2. The number of fused-ring (bicyclic) bond motifs is 2. The Morgan fingerprint density at radius 2 is 1.81 bits per heavy atom. The van der Waals surface area contributed by atoms with E-state index in [4.69, 9.17) is 0 Å². The molecule has 5 aromatic rings. The van der Waals surface area contributed by atoms with Crippen molar-refractivity contribution in [1.29, 1.82) is 0 Å². The van der Waals surface area contributed by atoms with E-state index in [1.54, 1.807) is 23.1 Å². The van der Waals surface area contributed by atoms with Gasteiger partial charge in [0.15, 0.2) is 5.13 Å². The second-order valence-corrected chi connectivity index (χ2v) is 9.17. The van der Waals surface area contributed by atoms with Crippen LogP contribution >= 0.6 is 22.7 Å². The maximum Gasteiger partial charge on any atom is 0.270 e. The Kier molecular flexibility index (Phi) is 5.12. The number of nitro benzene ring substituents is 1. The number of nitrogens with zero attached hydrogens (tertiary/aromatic N) is 3. The molecule has 6 nitrogen and oxygen atoms in total. The lowest BCUT2D eigenvalue weighted by molar-refractivity contribution is -0.384. The minimum atomic E-state index is -0.458. The van der Waals surface area contributed by atoms with Gasteiger partial charge in [0.25, 0.3) is 11.6 Å². The van der Waals surface area contributed by atoms with Crippen LogP contribution in [-0.2, 0) is 6.54 Å². The molecule has 0 atom stereocenters. The van der Waals surface area contributed by atoms with Gasteiger partial charge in [0.1, 0.15) is 5.82 Å². The van der Waals surface area contributed by atoms with Crippen LogP contribution in [0.2, 0.25) is 0 Å². The smallest absolute Gasteiger partial charge is 0.270 e. The van der Waals surface area contributed by atoms with Crippen LogP contribution in [-0.4, -0.2) is 15.8 Å². The van der Waals surface area contributed by atoms with E-state index in [0.717, 1.165) is 10.3 Å². The number of carbonyl (C=O) groups is 1. The number of anilines is 1. The third-order valence-electron chi connectivity index (χ3n) is 4.92. The first-order chi connectivity index (χ1) is 15.5. The molecule has 9 heteroatoms. The second-order valence-electron chi connectivity index (χ2n) is 7.08. The number of benzene rings is 3. The third kappa shape index (κ3) is 3.83. The lowest BCUT2D eigenvalue weighted by Crippen LogP contribution is -2.29. The first-order valence-corrected chi connectivity index (χ1v) is 11.2. The summed E-state index contributed by atoms with van der Waals surface area (Å²) in [7, 11) is 0. The molecule has 1 amide bonds. The fourth-order valence-electron chi connectivity index (χ4n) is 3.38. The van der Waals surface area contributed by atoms with Gasteiger partial charge in [-0.3, -0.25) is 19.8 Å². The van der Waals surface area contributed by atoms with Crippen LogP contribution in [0.15, 0.2) is 72.8 Å². The van der Waals surface area contributed by atoms with Gasteiger partial charge in [-0.2, -0.15) is 0 Å². The molecule has 158 valence electrons. The molecule has 32 heavy (non-hydrogen) atoms. The Bertz CT molecular complexity index is 1480. The molecule has 5 rings (SSSR count). The normalized spacial score (nSPS) is 11.2. The largest absolute Gasteiger partial charge is 0.279 e. The van der Waals surface area contributed by atoms with Crippen molar-refractivity contribution in [3.63, 3.8) is 0 Å². The Labute approximate surface area is 189 Å². The Balaban J connectivity index is 1.58. The van der Waals surface area contributed by atoms with Crippen LogP contribution < -0.4 is 4.90 Å². The number of halogens is 1. The van der Waals surface area contributed by atoms with Crippen molar-refractivity contribution in [1.82, 2.24) is 4.98 Å². The molecule has 0 aliphatic carbocycles. The number of amides is 1. The molecule has 0 aliphatic heterocycles. The molecule has 0 unspecified atom stereocenters. The van der Waals surface area contributed by atoms with Gasteiger partial charge < -0.3 is 0 Å². The highest BCUT2D eigenvalue weighted by Gasteiger charge is 2.24. The lowest BCUT2D eigenvalue weighted by atomic mass is 10.2. The number of hydrogen-bond donors (Lipinski definition) is 0. The summed E-state index contributed by atoms with van der Waals surface area (Å²) in [6.07, 6.45) is 0. The molecular formula is C23H14FN3O3S2. The number of carbonyl (C=O) groups excluding carboxylic acids is 1. The van der Waals surface area contributed by atoms with E-state index in [1.165, 1.54) is 46.9 Å². The number of hydrogen-bond acceptors (Lipinski definition) is 6. The van der Waals surface area contributed by atoms with E-state index in [1.807, 2.05) is 30.3 Å². The van der Waals surface area contributed by atoms with E-state index >= 15 is 0 Å². The van der Waals surface area contributed by atoms with Crippen LogP contribution in [0, 0.1) is 15.9 Å². The quantitative estimate of drug-likeness (QED) is 0.223. The van der Waals surface area contributed by atoms with Gasteiger partial charge in [-0.25, -0.2) is 9.37 Å². The molecule has 2 aromatic heterocycles. The first kappa shape index (κ1) is 20.2. The summed E-state index contributed by atoms with van der Waals surface area (Å²) in [6, 6.07) is 20.1. The van der Waals surface area contributed by atoms with Gasteiger partial charge in [-0.1, -0.05) is 41.7 Å². The number of nitro groups is 1. The van der Waals surface area contributed by atoms with Crippen LogP contribution in [0.5, 0.6) is 0 Å². The monoisotopic (exact) mass is 463 g/mol. The van der Waals surface area contributed by atoms with E-state index in [-0.39, 0.29) is 24.0 Å². The van der Waals surface area contributed by atoms with E-state index in [9.17, 15) is 19.3 Å². The maximum absolute atomic E-state index is 13.7. The van der Waals surface area contributed by atoms with Crippen LogP contribution in [0.25, 0.3) is 20.3 Å². The average molecular weight is 464 g/mol. The fourth-order valence-corrected chi connectivity index (χ4v) is 5.36. The molecule has 0 saturated carbocycles. The molecule has 0 fully saturated rings. The first-order valence-electron chi connectivity index (χ1n) is 9.58. The number of non-ortho nitro benzene ring substituents is 1. The standard InChI is InChI=1S/C23H14FN3O3S2/c24-16-6-8-18-20(12-16)32-23(25-18)26(13-14-4-2-1-3-5-14)22(28)21-11-15-10-17(27(29)30)7-9-19(15)31-21/h1-12H,13H2. The van der Waals surface area contributed by atoms with E-state index < -0.39 is 4.92 Å². The van der Waals surface area contributed by atoms with Gasteiger partial charge in [0.2, 0.25) is 0 Å². The van der Waals surface area contributed by atoms with Crippen molar-refractivity contribution < 1.29 is 14.1 Å². The minimum absolute atomic E-state index is 0.0244. The van der Waals surface area contributed by atoms with Gasteiger partial charge >= 0.3 is 0 Å². The molecule has 0 radical (unpaired) electrons. The van der Waals surface area contributed by atoms with Crippen molar-refractivity contribution in [2.45, 2.75) is 6.54 Å². The van der Waals surface area contributed by atoms with Crippen molar-refractivity contribution in [2.24, 2.45) is 0 Å². The number of thiophene rings is 1. The molecule has 0 aliphatic rings. The Morgan fingerprint density at radius 1 is 1.00 bits per heavy atom. The van der Waals surface area contributed by atoms with Crippen LogP contribution in [0.1, 0.15) is 15.2 Å². The van der Waals surface area contributed by atoms with Crippen LogP contribution in [0.3, 0.4) is 0 Å². The number of aromatic nitrogens is 1. The fraction of sp³-hybridized carbons (Fsp3) is 0.0435. The van der Waals surface area contributed by atoms with Crippen molar-refractivity contribution in [3.05, 3.63) is 99.2 Å². The average Bonchev–Trinajstić information content (AvgIpc) is 3.40. The van der Waals surface area contributed by atoms with E-state index in [2.05, 4.69) is 4.98 Å². The summed E-state index contributed by atoms with van der Waals surface area (Å²) in [6.45, 7) is 0.288. The summed E-state index contributed by atoms with van der Waals surface area (Å²) < 4.78 is 15.1. The summed E-state index contributed by atoms with van der Waals surface area (Å²) >= 11 is 2.52. The topological polar surface area (TPSA) is 76.3 Å². The SMILES string of the molecule is O=C(c1cc2cc([N+](=O)[O-])ccc2s1)N(Cc1ccccc1)c1nc2ccc(F)cc2s1.